The summed E-state index contributed by atoms with van der Waals surface area (Å²) in [6.07, 6.45) is 4.65. The van der Waals surface area contributed by atoms with Crippen LogP contribution in [0.5, 0.6) is 5.75 Å². The number of pyridine rings is 1. The summed E-state index contributed by atoms with van der Waals surface area (Å²) in [5.41, 5.74) is 7.57. The summed E-state index contributed by atoms with van der Waals surface area (Å²) in [6.45, 7) is 8.53. The minimum atomic E-state index is 0.00998. The molecule has 3 aliphatic heterocycles. The minimum absolute atomic E-state index is 0.00998. The molecule has 5 nitrogen and oxygen atoms in total. The highest BCUT2D eigenvalue weighted by molar-refractivity contribution is 5.27. The number of nitrogens with two attached hydrogens (primary N) is 1. The van der Waals surface area contributed by atoms with E-state index in [1.165, 1.54) is 13.1 Å². The molecule has 0 radical (unpaired) electrons. The molecule has 110 valence electrons. The van der Waals surface area contributed by atoms with Crippen LogP contribution in [0.4, 0.5) is 0 Å². The average molecular weight is 276 g/mol. The molecule has 2 bridgehead atoms. The van der Waals surface area contributed by atoms with Gasteiger partial charge in [-0.2, -0.15) is 0 Å². The number of aromatic nitrogens is 1. The zero-order valence-electron chi connectivity index (χ0n) is 12.2. The first kappa shape index (κ1) is 13.8. The van der Waals surface area contributed by atoms with E-state index in [4.69, 9.17) is 10.5 Å². The molecular weight excluding hydrogens is 252 g/mol. The number of nitrogens with zero attached hydrogens (tertiary/aromatic N) is 3. The number of fused-ring (bicyclic) bond motifs is 3. The van der Waals surface area contributed by atoms with Crippen LogP contribution in [-0.4, -0.2) is 60.2 Å². The molecule has 2 unspecified atom stereocenters. The quantitative estimate of drug-likeness (QED) is 0.865. The number of ether oxygens (including phenoxy) is 1. The lowest BCUT2D eigenvalue weighted by atomic mass is 9.96. The smallest absolute Gasteiger partial charge is 0.137 e. The van der Waals surface area contributed by atoms with Gasteiger partial charge in [-0.3, -0.25) is 14.8 Å². The molecule has 1 aromatic rings. The van der Waals surface area contributed by atoms with E-state index in [9.17, 15) is 0 Å². The van der Waals surface area contributed by atoms with Gasteiger partial charge in [0.2, 0.25) is 0 Å². The summed E-state index contributed by atoms with van der Waals surface area (Å²) in [7, 11) is 0. The van der Waals surface area contributed by atoms with Crippen molar-refractivity contribution < 1.29 is 4.74 Å². The van der Waals surface area contributed by atoms with Crippen LogP contribution in [-0.2, 0) is 0 Å². The Balaban J connectivity index is 1.71. The first-order valence-electron chi connectivity index (χ1n) is 7.57. The standard InChI is InChI=1S/C15H24N4O/c1-2-7-20-13-8-12(9-17-10-13)15(16)14-11-18-3-5-19(14)6-4-18/h8-10,14-15H,2-7,11,16H2,1H3. The van der Waals surface area contributed by atoms with Gasteiger partial charge >= 0.3 is 0 Å². The van der Waals surface area contributed by atoms with Crippen molar-refractivity contribution in [2.24, 2.45) is 5.73 Å². The van der Waals surface area contributed by atoms with E-state index in [1.807, 2.05) is 12.3 Å². The SMILES string of the molecule is CCCOc1cncc(C(N)C2CN3CCN2CC3)c1. The Bertz CT molecular complexity index is 445. The highest BCUT2D eigenvalue weighted by Crippen LogP contribution is 2.26. The molecule has 4 rings (SSSR count). The third kappa shape index (κ3) is 2.80. The maximum Gasteiger partial charge on any atom is 0.137 e. The van der Waals surface area contributed by atoms with Gasteiger partial charge in [-0.25, -0.2) is 0 Å². The second-order valence-electron chi connectivity index (χ2n) is 5.73. The van der Waals surface area contributed by atoms with Crippen molar-refractivity contribution in [3.63, 3.8) is 0 Å². The van der Waals surface area contributed by atoms with Crippen LogP contribution in [0.15, 0.2) is 18.5 Å². The van der Waals surface area contributed by atoms with E-state index in [2.05, 4.69) is 21.7 Å². The second-order valence-corrected chi connectivity index (χ2v) is 5.73. The van der Waals surface area contributed by atoms with E-state index in [1.54, 1.807) is 6.20 Å². The summed E-state index contributed by atoms with van der Waals surface area (Å²) in [4.78, 5) is 9.31. The molecule has 1 aromatic heterocycles. The fourth-order valence-corrected chi connectivity index (χ4v) is 3.14. The Morgan fingerprint density at radius 1 is 1.35 bits per heavy atom. The van der Waals surface area contributed by atoms with E-state index in [0.29, 0.717) is 6.04 Å². The molecule has 2 atom stereocenters. The van der Waals surface area contributed by atoms with Crippen LogP contribution in [0.1, 0.15) is 24.9 Å². The van der Waals surface area contributed by atoms with Gasteiger partial charge in [0.25, 0.3) is 0 Å². The fourth-order valence-electron chi connectivity index (χ4n) is 3.14. The number of piperazine rings is 3. The Labute approximate surface area is 120 Å². The van der Waals surface area contributed by atoms with E-state index >= 15 is 0 Å². The summed E-state index contributed by atoms with van der Waals surface area (Å²) >= 11 is 0. The van der Waals surface area contributed by atoms with Crippen molar-refractivity contribution in [3.05, 3.63) is 24.0 Å². The van der Waals surface area contributed by atoms with Crippen molar-refractivity contribution in [2.75, 3.05) is 39.3 Å². The molecule has 0 aromatic carbocycles. The zero-order valence-corrected chi connectivity index (χ0v) is 12.2. The fraction of sp³-hybridized carbons (Fsp3) is 0.667. The molecule has 3 fully saturated rings. The predicted molar refractivity (Wildman–Crippen MR) is 78.8 cm³/mol. The molecule has 5 heteroatoms. The predicted octanol–water partition coefficient (Wildman–Crippen LogP) is 0.870. The first-order chi connectivity index (χ1) is 9.78. The summed E-state index contributed by atoms with van der Waals surface area (Å²) in [6, 6.07) is 2.46. The third-order valence-electron chi connectivity index (χ3n) is 4.33. The Kier molecular flexibility index (Phi) is 4.19. The molecule has 0 amide bonds. The Morgan fingerprint density at radius 2 is 2.15 bits per heavy atom. The molecule has 0 aliphatic carbocycles. The number of hydrogen-bond donors (Lipinski definition) is 1. The minimum Gasteiger partial charge on any atom is -0.492 e. The third-order valence-corrected chi connectivity index (χ3v) is 4.33. The van der Waals surface area contributed by atoms with Gasteiger partial charge in [0.1, 0.15) is 5.75 Å². The zero-order chi connectivity index (χ0) is 13.9. The van der Waals surface area contributed by atoms with Crippen LogP contribution >= 0.6 is 0 Å². The van der Waals surface area contributed by atoms with E-state index in [-0.39, 0.29) is 6.04 Å². The molecule has 2 N–H and O–H groups in total. The molecule has 3 aliphatic rings. The molecule has 4 heterocycles. The van der Waals surface area contributed by atoms with Gasteiger partial charge in [0, 0.05) is 51.0 Å². The molecule has 3 saturated heterocycles. The van der Waals surface area contributed by atoms with Crippen molar-refractivity contribution in [2.45, 2.75) is 25.4 Å². The van der Waals surface area contributed by atoms with Gasteiger partial charge in [-0.05, 0) is 18.1 Å². The normalized spacial score (nSPS) is 30.2. The molecule has 0 spiro atoms. The van der Waals surface area contributed by atoms with Gasteiger partial charge in [0.15, 0.2) is 0 Å². The largest absolute Gasteiger partial charge is 0.492 e. The topological polar surface area (TPSA) is 54.6 Å². The second kappa shape index (κ2) is 6.08. The molecule has 0 saturated carbocycles. The lowest BCUT2D eigenvalue weighted by Crippen LogP contribution is -2.63. The maximum absolute atomic E-state index is 6.49. The van der Waals surface area contributed by atoms with Crippen LogP contribution in [0, 0.1) is 0 Å². The van der Waals surface area contributed by atoms with Gasteiger partial charge in [-0.1, -0.05) is 6.92 Å². The van der Waals surface area contributed by atoms with Crippen molar-refractivity contribution in [3.8, 4) is 5.75 Å². The van der Waals surface area contributed by atoms with Gasteiger partial charge < -0.3 is 10.5 Å². The average Bonchev–Trinajstić information content (AvgIpc) is 2.53. The summed E-state index contributed by atoms with van der Waals surface area (Å²) in [5.74, 6) is 0.830. The Hall–Kier alpha value is -1.17. The van der Waals surface area contributed by atoms with Gasteiger partial charge in [-0.15, -0.1) is 0 Å². The highest BCUT2D eigenvalue weighted by atomic mass is 16.5. The van der Waals surface area contributed by atoms with Crippen LogP contribution in [0.25, 0.3) is 0 Å². The van der Waals surface area contributed by atoms with Crippen molar-refractivity contribution in [1.29, 1.82) is 0 Å². The van der Waals surface area contributed by atoms with Gasteiger partial charge in [0.05, 0.1) is 12.8 Å². The number of rotatable bonds is 5. The lowest BCUT2D eigenvalue weighted by Gasteiger charge is -2.49. The van der Waals surface area contributed by atoms with Crippen LogP contribution < -0.4 is 10.5 Å². The maximum atomic E-state index is 6.49. The highest BCUT2D eigenvalue weighted by Gasteiger charge is 2.35. The van der Waals surface area contributed by atoms with Crippen molar-refractivity contribution >= 4 is 0 Å². The summed E-state index contributed by atoms with van der Waals surface area (Å²) < 4.78 is 5.65. The van der Waals surface area contributed by atoms with E-state index in [0.717, 1.165) is 44.0 Å². The van der Waals surface area contributed by atoms with Crippen molar-refractivity contribution in [1.82, 2.24) is 14.8 Å². The molecular formula is C15H24N4O. The lowest BCUT2D eigenvalue weighted by molar-refractivity contribution is 0.00208. The Morgan fingerprint density at radius 3 is 2.80 bits per heavy atom. The summed E-state index contributed by atoms with van der Waals surface area (Å²) in [5, 5.41) is 0. The van der Waals surface area contributed by atoms with Crippen LogP contribution in [0.3, 0.4) is 0 Å². The van der Waals surface area contributed by atoms with E-state index < -0.39 is 0 Å². The first-order valence-corrected chi connectivity index (χ1v) is 7.57. The molecule has 20 heavy (non-hydrogen) atoms. The van der Waals surface area contributed by atoms with Crippen LogP contribution in [0.2, 0.25) is 0 Å². The monoisotopic (exact) mass is 276 g/mol. The number of hydrogen-bond acceptors (Lipinski definition) is 5.